The molecule has 9 nitrogen and oxygen atoms in total. The Morgan fingerprint density at radius 1 is 1.22 bits per heavy atom. The minimum absolute atomic E-state index is 0. The number of aromatic amines is 2. The van der Waals surface area contributed by atoms with Crippen LogP contribution in [0.2, 0.25) is 0 Å². The molecule has 1 amide bonds. The summed E-state index contributed by atoms with van der Waals surface area (Å²) in [6, 6.07) is 6.42. The van der Waals surface area contributed by atoms with Crippen molar-refractivity contribution in [3.63, 3.8) is 0 Å². The third kappa shape index (κ3) is 8.75. The van der Waals surface area contributed by atoms with E-state index < -0.39 is 18.1 Å². The van der Waals surface area contributed by atoms with Crippen LogP contribution >= 0.6 is 7.92 Å². The first-order valence-corrected chi connectivity index (χ1v) is 12.4. The number of alkyl carbamates (subject to hydrolysis) is 1. The number of fused-ring (bicyclic) bond motifs is 1. The van der Waals surface area contributed by atoms with Gasteiger partial charge in [-0.2, -0.15) is 0 Å². The fourth-order valence-electron chi connectivity index (χ4n) is 3.05. The van der Waals surface area contributed by atoms with Gasteiger partial charge in [-0.15, -0.1) is 5.21 Å². The van der Waals surface area contributed by atoms with Crippen molar-refractivity contribution in [2.24, 2.45) is 0 Å². The number of benzene rings is 1. The number of hydrogen-bond acceptors (Lipinski definition) is 5. The van der Waals surface area contributed by atoms with E-state index in [1.54, 1.807) is 6.20 Å². The number of rotatable bonds is 9. The predicted octanol–water partition coefficient (Wildman–Crippen LogP) is 3.27. The van der Waals surface area contributed by atoms with E-state index in [4.69, 9.17) is 4.74 Å². The minimum atomic E-state index is -1.15. The first-order valence-electron chi connectivity index (χ1n) is 10.3. The standard InChI is InChI=1S/C15H14N5O4.C6H15P.Au/c21-14(22)13(18-15(23)24-8-10-7-17-20-19-10)5-9-6-16-12-4-2-1-3-11(9)12;1-4-7(5-2)6-3;/h1-4,6,13,16H,5,8H2,(H,18,23)(H,21,22)(H,17,19,20);4-6H2,1-3H3;/q-1;;+1/p+1/t13-;;/m1../s1. The van der Waals surface area contributed by atoms with Crippen LogP contribution in [0.5, 0.6) is 0 Å². The first-order chi connectivity index (χ1) is 15.0. The molecule has 2 aromatic heterocycles. The number of H-pyrrole nitrogens is 2. The number of ether oxygens (including phenoxy) is 1. The van der Waals surface area contributed by atoms with E-state index in [9.17, 15) is 14.7 Å². The number of aromatic nitrogens is 4. The second-order valence-corrected chi connectivity index (χ2v) is 10.5. The fourth-order valence-corrected chi connectivity index (χ4v) is 4.55. The molecule has 1 aromatic carbocycles. The van der Waals surface area contributed by atoms with Crippen LogP contribution in [0.1, 0.15) is 32.0 Å². The van der Waals surface area contributed by atoms with E-state index in [0.29, 0.717) is 5.69 Å². The zero-order valence-electron chi connectivity index (χ0n) is 18.4. The summed E-state index contributed by atoms with van der Waals surface area (Å²) < 4.78 is 4.91. The molecule has 0 aliphatic rings. The molecule has 32 heavy (non-hydrogen) atoms. The number of amides is 1. The van der Waals surface area contributed by atoms with Crippen LogP contribution in [0, 0.1) is 6.20 Å². The molecule has 178 valence electrons. The van der Waals surface area contributed by atoms with E-state index in [1.807, 2.05) is 24.3 Å². The molecule has 11 heteroatoms. The van der Waals surface area contributed by atoms with Gasteiger partial charge in [0.05, 0.1) is 18.5 Å². The Hall–Kier alpha value is -2.19. The number of carboxylic acid groups (broad SMARTS) is 1. The van der Waals surface area contributed by atoms with Crippen LogP contribution in [0.15, 0.2) is 30.5 Å². The number of carbonyl (C=O) groups is 2. The van der Waals surface area contributed by atoms with Crippen molar-refractivity contribution < 1.29 is 41.8 Å². The van der Waals surface area contributed by atoms with Gasteiger partial charge in [0.25, 0.3) is 0 Å². The molecule has 0 spiro atoms. The van der Waals surface area contributed by atoms with Gasteiger partial charge in [-0.3, -0.25) is 5.10 Å². The Morgan fingerprint density at radius 2 is 1.91 bits per heavy atom. The van der Waals surface area contributed by atoms with Crippen LogP contribution in [-0.2, 0) is 44.9 Å². The third-order valence-corrected chi connectivity index (χ3v) is 7.96. The maximum absolute atomic E-state index is 11.8. The molecule has 0 bridgehead atoms. The zero-order valence-corrected chi connectivity index (χ0v) is 21.5. The van der Waals surface area contributed by atoms with Gasteiger partial charge in [-0.05, 0) is 40.3 Å². The SMILES string of the molecule is CC[PH+](CC)CC.O=C(N[C@H](Cc1c[nH]c2ccccc12)C(=O)O)OCc1[c-]nn[nH]1.[Au+]. The number of carboxylic acids is 1. The second-order valence-electron chi connectivity index (χ2n) is 6.89. The number of carbonyl (C=O) groups excluding carboxylic acids is 1. The van der Waals surface area contributed by atoms with E-state index in [1.165, 1.54) is 18.5 Å². The van der Waals surface area contributed by atoms with Gasteiger partial charge < -0.3 is 31.4 Å². The van der Waals surface area contributed by atoms with Gasteiger partial charge in [0, 0.05) is 23.5 Å². The van der Waals surface area contributed by atoms with Crippen molar-refractivity contribution in [1.82, 2.24) is 25.7 Å². The summed E-state index contributed by atoms with van der Waals surface area (Å²) in [4.78, 5) is 26.3. The molecule has 0 aliphatic carbocycles. The maximum Gasteiger partial charge on any atom is 1.00 e. The Morgan fingerprint density at radius 3 is 2.47 bits per heavy atom. The number of para-hydroxylation sites is 1. The van der Waals surface area contributed by atoms with Crippen molar-refractivity contribution >= 4 is 30.9 Å². The van der Waals surface area contributed by atoms with Gasteiger partial charge in [0.2, 0.25) is 0 Å². The topological polar surface area (TPSA) is 133 Å². The number of hydrogen-bond donors (Lipinski definition) is 4. The largest absolute Gasteiger partial charge is 1.00 e. The summed E-state index contributed by atoms with van der Waals surface area (Å²) in [6.07, 6.45) is 7.87. The van der Waals surface area contributed by atoms with Crippen LogP contribution in [0.25, 0.3) is 10.9 Å². The van der Waals surface area contributed by atoms with Gasteiger partial charge in [-0.1, -0.05) is 23.9 Å². The molecule has 3 rings (SSSR count). The van der Waals surface area contributed by atoms with Crippen LogP contribution in [0.4, 0.5) is 4.79 Å². The van der Waals surface area contributed by atoms with E-state index in [-0.39, 0.29) is 43.3 Å². The van der Waals surface area contributed by atoms with E-state index in [2.05, 4.69) is 52.7 Å². The molecule has 1 atom stereocenters. The molecule has 4 N–H and O–H groups in total. The summed E-state index contributed by atoms with van der Waals surface area (Å²) in [5.74, 6) is -1.15. The Balaban J connectivity index is 0.000000558. The van der Waals surface area contributed by atoms with Crippen molar-refractivity contribution in [2.75, 3.05) is 18.5 Å². The average molecular weight is 644 g/mol. The molecular formula is C21H30AuN5O4P+. The molecule has 0 unspecified atom stereocenters. The minimum Gasteiger partial charge on any atom is -0.480 e. The summed E-state index contributed by atoms with van der Waals surface area (Å²) >= 11 is 0. The smallest absolute Gasteiger partial charge is 0.480 e. The van der Waals surface area contributed by atoms with Crippen molar-refractivity contribution in [3.8, 4) is 0 Å². The average Bonchev–Trinajstić information content (AvgIpc) is 3.44. The quantitative estimate of drug-likeness (QED) is 0.161. The summed E-state index contributed by atoms with van der Waals surface area (Å²) in [7, 11) is 0.137. The van der Waals surface area contributed by atoms with Crippen LogP contribution < -0.4 is 5.32 Å². The molecule has 0 saturated carbocycles. The number of aliphatic carboxylic acids is 1. The van der Waals surface area contributed by atoms with Gasteiger partial charge in [-0.25, -0.2) is 9.59 Å². The fraction of sp³-hybridized carbons (Fsp3) is 0.429. The Labute approximate surface area is 204 Å². The number of nitrogens with zero attached hydrogens (tertiary/aromatic N) is 2. The van der Waals surface area contributed by atoms with E-state index in [0.717, 1.165) is 16.5 Å². The normalized spacial score (nSPS) is 11.2. The van der Waals surface area contributed by atoms with E-state index >= 15 is 0 Å². The molecule has 2 heterocycles. The number of nitrogens with one attached hydrogen (secondary N) is 3. The molecule has 0 fully saturated rings. The molecule has 0 saturated heterocycles. The Bertz CT molecular complexity index is 941. The van der Waals surface area contributed by atoms with Crippen LogP contribution in [0.3, 0.4) is 0 Å². The van der Waals surface area contributed by atoms with Crippen molar-refractivity contribution in [1.29, 1.82) is 0 Å². The molecule has 0 radical (unpaired) electrons. The van der Waals surface area contributed by atoms with Crippen molar-refractivity contribution in [3.05, 3.63) is 47.9 Å². The van der Waals surface area contributed by atoms with Gasteiger partial charge >= 0.3 is 34.4 Å². The van der Waals surface area contributed by atoms with Gasteiger partial charge in [0.1, 0.15) is 12.6 Å². The molecule has 0 aliphatic heterocycles. The van der Waals surface area contributed by atoms with Gasteiger partial charge in [0.15, 0.2) is 0 Å². The summed E-state index contributed by atoms with van der Waals surface area (Å²) in [6.45, 7) is 6.79. The second kappa shape index (κ2) is 14.8. The first kappa shape index (κ1) is 27.8. The zero-order chi connectivity index (χ0) is 22.6. The summed E-state index contributed by atoms with van der Waals surface area (Å²) in [5, 5.41) is 21.9. The van der Waals surface area contributed by atoms with Crippen LogP contribution in [-0.4, -0.2) is 62.1 Å². The third-order valence-electron chi connectivity index (χ3n) is 4.96. The maximum atomic E-state index is 11.8. The molecule has 3 aromatic rings. The summed E-state index contributed by atoms with van der Waals surface area (Å²) in [5.41, 5.74) is 2.08. The van der Waals surface area contributed by atoms with Crippen molar-refractivity contribution in [2.45, 2.75) is 39.8 Å². The monoisotopic (exact) mass is 644 g/mol. The molecular weight excluding hydrogens is 614 g/mol. The Kier molecular flexibility index (Phi) is 12.9. The predicted molar refractivity (Wildman–Crippen MR) is 122 cm³/mol.